The first-order chi connectivity index (χ1) is 17.9. The number of halogens is 1. The van der Waals surface area contributed by atoms with E-state index in [4.69, 9.17) is 16.3 Å². The monoisotopic (exact) mass is 550 g/mol. The molecule has 1 aliphatic rings. The third kappa shape index (κ3) is 5.77. The molecule has 1 N–H and O–H groups in total. The number of nitrogens with one attached hydrogen (secondary N) is 1. The number of ether oxygens (including phenoxy) is 1. The number of hydrogen-bond donors (Lipinski definition) is 1. The van der Waals surface area contributed by atoms with Gasteiger partial charge in [-0.25, -0.2) is 8.42 Å². The van der Waals surface area contributed by atoms with Crippen molar-refractivity contribution >= 4 is 50.7 Å². The first kappa shape index (κ1) is 25.2. The van der Waals surface area contributed by atoms with Crippen LogP contribution in [0.2, 0.25) is 5.02 Å². The van der Waals surface area contributed by atoms with Crippen molar-refractivity contribution in [1.29, 1.82) is 0 Å². The molecule has 9 heteroatoms. The highest BCUT2D eigenvalue weighted by Crippen LogP contribution is 2.37. The first-order valence-electron chi connectivity index (χ1n) is 11.5. The molecule has 1 heterocycles. The molecule has 37 heavy (non-hydrogen) atoms. The minimum Gasteiger partial charge on any atom is -0.476 e. The van der Waals surface area contributed by atoms with Gasteiger partial charge in [0.1, 0.15) is 5.75 Å². The molecule has 0 spiro atoms. The standard InChI is InChI=1S/C28H23ClN2O4S2/c29-21-12-16-24(17-13-21)37(33,34)31-18-27(35-26-9-5-4-8-25(26)31)28(32)30-22-14-10-20(11-15-22)19-36-23-6-2-1-3-7-23/h1-17,27H,18-19H2,(H,30,32). The Morgan fingerprint density at radius 2 is 1.59 bits per heavy atom. The molecular formula is C28H23ClN2O4S2. The summed E-state index contributed by atoms with van der Waals surface area (Å²) >= 11 is 7.68. The highest BCUT2D eigenvalue weighted by atomic mass is 35.5. The van der Waals surface area contributed by atoms with E-state index in [9.17, 15) is 13.2 Å². The molecule has 0 saturated carbocycles. The molecule has 0 aliphatic carbocycles. The summed E-state index contributed by atoms with van der Waals surface area (Å²) in [6, 6.07) is 30.4. The largest absolute Gasteiger partial charge is 0.476 e. The van der Waals surface area contributed by atoms with E-state index in [0.717, 1.165) is 11.3 Å². The van der Waals surface area contributed by atoms with Gasteiger partial charge in [-0.3, -0.25) is 9.10 Å². The van der Waals surface area contributed by atoms with Crippen LogP contribution < -0.4 is 14.4 Å². The van der Waals surface area contributed by atoms with Crippen molar-refractivity contribution < 1.29 is 17.9 Å². The van der Waals surface area contributed by atoms with Crippen LogP contribution in [0.4, 0.5) is 11.4 Å². The number of amides is 1. The molecule has 188 valence electrons. The average Bonchev–Trinajstić information content (AvgIpc) is 2.93. The minimum atomic E-state index is -3.95. The molecule has 6 nitrogen and oxygen atoms in total. The number of carbonyl (C=O) groups excluding carboxylic acids is 1. The van der Waals surface area contributed by atoms with Gasteiger partial charge in [0.25, 0.3) is 15.9 Å². The molecule has 1 aliphatic heterocycles. The van der Waals surface area contributed by atoms with E-state index < -0.39 is 22.0 Å². The minimum absolute atomic E-state index is 0.0803. The van der Waals surface area contributed by atoms with Gasteiger partial charge in [-0.2, -0.15) is 0 Å². The third-order valence-electron chi connectivity index (χ3n) is 5.80. The molecule has 0 saturated heterocycles. The van der Waals surface area contributed by atoms with Crippen molar-refractivity contribution in [3.8, 4) is 5.75 Å². The zero-order chi connectivity index (χ0) is 25.8. The smallest absolute Gasteiger partial charge is 0.267 e. The maximum Gasteiger partial charge on any atom is 0.267 e. The van der Waals surface area contributed by atoms with E-state index in [1.807, 2.05) is 42.5 Å². The Morgan fingerprint density at radius 3 is 2.32 bits per heavy atom. The van der Waals surface area contributed by atoms with Crippen LogP contribution in [0.15, 0.2) is 113 Å². The number of nitrogens with zero attached hydrogens (tertiary/aromatic N) is 1. The average molecular weight is 551 g/mol. The van der Waals surface area contributed by atoms with Crippen LogP contribution in [0.25, 0.3) is 0 Å². The van der Waals surface area contributed by atoms with Gasteiger partial charge in [0, 0.05) is 21.4 Å². The number of anilines is 2. The maximum absolute atomic E-state index is 13.5. The van der Waals surface area contributed by atoms with Gasteiger partial charge in [-0.15, -0.1) is 11.8 Å². The van der Waals surface area contributed by atoms with E-state index in [1.165, 1.54) is 33.5 Å². The number of fused-ring (bicyclic) bond motifs is 1. The summed E-state index contributed by atoms with van der Waals surface area (Å²) in [5, 5.41) is 3.29. The molecule has 4 aromatic rings. The van der Waals surface area contributed by atoms with Crippen LogP contribution in [0.5, 0.6) is 5.75 Å². The highest BCUT2D eigenvalue weighted by Gasteiger charge is 2.37. The lowest BCUT2D eigenvalue weighted by Crippen LogP contribution is -2.48. The van der Waals surface area contributed by atoms with Crippen LogP contribution in [0.1, 0.15) is 5.56 Å². The van der Waals surface area contributed by atoms with Crippen LogP contribution in [-0.4, -0.2) is 27.0 Å². The normalized spacial score (nSPS) is 14.9. The zero-order valence-corrected chi connectivity index (χ0v) is 22.0. The van der Waals surface area contributed by atoms with Crippen molar-refractivity contribution in [1.82, 2.24) is 0 Å². The van der Waals surface area contributed by atoms with Gasteiger partial charge in [-0.05, 0) is 66.2 Å². The maximum atomic E-state index is 13.5. The summed E-state index contributed by atoms with van der Waals surface area (Å²) in [6.45, 7) is -0.167. The van der Waals surface area contributed by atoms with E-state index in [1.54, 1.807) is 36.0 Å². The predicted molar refractivity (Wildman–Crippen MR) is 148 cm³/mol. The second-order valence-electron chi connectivity index (χ2n) is 8.35. The van der Waals surface area contributed by atoms with Crippen LogP contribution >= 0.6 is 23.4 Å². The number of rotatable bonds is 7. The van der Waals surface area contributed by atoms with Crippen molar-refractivity contribution in [3.05, 3.63) is 114 Å². The molecule has 0 aromatic heterocycles. The fraction of sp³-hybridized carbons (Fsp3) is 0.107. The SMILES string of the molecule is O=C(Nc1ccc(CSc2ccccc2)cc1)C1CN(S(=O)(=O)c2ccc(Cl)cc2)c2ccccc2O1. The molecule has 0 radical (unpaired) electrons. The first-order valence-corrected chi connectivity index (χ1v) is 14.3. The lowest BCUT2D eigenvalue weighted by Gasteiger charge is -2.34. The molecule has 0 bridgehead atoms. The number of hydrogen-bond acceptors (Lipinski definition) is 5. The van der Waals surface area contributed by atoms with Gasteiger partial charge in [0.15, 0.2) is 6.10 Å². The second-order valence-corrected chi connectivity index (χ2v) is 11.7. The van der Waals surface area contributed by atoms with Gasteiger partial charge in [0.05, 0.1) is 17.1 Å². The van der Waals surface area contributed by atoms with Crippen LogP contribution in [0.3, 0.4) is 0 Å². The number of thioether (sulfide) groups is 1. The molecule has 1 unspecified atom stereocenters. The fourth-order valence-electron chi connectivity index (χ4n) is 3.89. The van der Waals surface area contributed by atoms with E-state index in [2.05, 4.69) is 17.4 Å². The summed E-state index contributed by atoms with van der Waals surface area (Å²) < 4.78 is 34.1. The van der Waals surface area contributed by atoms with Gasteiger partial charge >= 0.3 is 0 Å². The molecule has 0 fully saturated rings. The summed E-state index contributed by atoms with van der Waals surface area (Å²) in [7, 11) is -3.95. The summed E-state index contributed by atoms with van der Waals surface area (Å²) in [4.78, 5) is 14.4. The summed E-state index contributed by atoms with van der Waals surface area (Å²) in [5.41, 5.74) is 2.10. The Morgan fingerprint density at radius 1 is 0.919 bits per heavy atom. The Bertz CT molecular complexity index is 1500. The van der Waals surface area contributed by atoms with Gasteiger partial charge in [-0.1, -0.05) is 54.1 Å². The summed E-state index contributed by atoms with van der Waals surface area (Å²) in [5.74, 6) is 0.690. The quantitative estimate of drug-likeness (QED) is 0.276. The molecule has 1 amide bonds. The number of para-hydroxylation sites is 2. The Hall–Kier alpha value is -3.46. The number of benzene rings is 4. The molecule has 1 atom stereocenters. The predicted octanol–water partition coefficient (Wildman–Crippen LogP) is 6.23. The third-order valence-corrected chi connectivity index (χ3v) is 8.93. The van der Waals surface area contributed by atoms with E-state index in [0.29, 0.717) is 22.1 Å². The van der Waals surface area contributed by atoms with Gasteiger partial charge < -0.3 is 10.1 Å². The van der Waals surface area contributed by atoms with Crippen LogP contribution in [-0.2, 0) is 20.6 Å². The van der Waals surface area contributed by atoms with Crippen molar-refractivity contribution in [2.45, 2.75) is 21.6 Å². The van der Waals surface area contributed by atoms with E-state index in [-0.39, 0.29) is 11.4 Å². The number of sulfonamides is 1. The second kappa shape index (κ2) is 10.9. The van der Waals surface area contributed by atoms with Gasteiger partial charge in [0.2, 0.25) is 0 Å². The summed E-state index contributed by atoms with van der Waals surface area (Å²) in [6.07, 6.45) is -1.04. The molecule has 5 rings (SSSR count). The number of carbonyl (C=O) groups is 1. The Labute approximate surface area is 225 Å². The highest BCUT2D eigenvalue weighted by molar-refractivity contribution is 7.98. The lowest BCUT2D eigenvalue weighted by atomic mass is 10.2. The van der Waals surface area contributed by atoms with Crippen molar-refractivity contribution in [2.75, 3.05) is 16.2 Å². The molecular weight excluding hydrogens is 528 g/mol. The Balaban J connectivity index is 1.30. The van der Waals surface area contributed by atoms with Crippen LogP contribution in [0, 0.1) is 0 Å². The Kier molecular flexibility index (Phi) is 7.41. The topological polar surface area (TPSA) is 75.7 Å². The fourth-order valence-corrected chi connectivity index (χ4v) is 6.37. The van der Waals surface area contributed by atoms with E-state index >= 15 is 0 Å². The zero-order valence-electron chi connectivity index (χ0n) is 19.6. The van der Waals surface area contributed by atoms with Crippen molar-refractivity contribution in [3.63, 3.8) is 0 Å². The molecule has 4 aromatic carbocycles. The van der Waals surface area contributed by atoms with Crippen molar-refractivity contribution in [2.24, 2.45) is 0 Å². The lowest BCUT2D eigenvalue weighted by molar-refractivity contribution is -0.122.